The van der Waals surface area contributed by atoms with Crippen LogP contribution in [0.5, 0.6) is 0 Å². The minimum Gasteiger partial charge on any atom is -0.326 e. The fraction of sp³-hybridized carbons (Fsp3) is 0.300. The van der Waals surface area contributed by atoms with Gasteiger partial charge in [-0.25, -0.2) is 0 Å². The number of nitrogens with one attached hydrogen (secondary N) is 1. The molecular formula is C10H10F3NO4S. The Kier molecular flexibility index (Phi) is 4.53. The van der Waals surface area contributed by atoms with Gasteiger partial charge in [-0.15, -0.1) is 0 Å². The van der Waals surface area contributed by atoms with Gasteiger partial charge >= 0.3 is 6.18 Å². The smallest absolute Gasteiger partial charge is 0.326 e. The van der Waals surface area contributed by atoms with Gasteiger partial charge in [0.1, 0.15) is 0 Å². The van der Waals surface area contributed by atoms with Crippen LogP contribution in [0.25, 0.3) is 0 Å². The van der Waals surface area contributed by atoms with E-state index in [1.165, 1.54) is 19.1 Å². The molecule has 0 aliphatic rings. The molecule has 0 spiro atoms. The molecule has 0 fully saturated rings. The van der Waals surface area contributed by atoms with Gasteiger partial charge < -0.3 is 5.32 Å². The average Bonchev–Trinajstić information content (AvgIpc) is 2.26. The summed E-state index contributed by atoms with van der Waals surface area (Å²) in [6.07, 6.45) is -4.73. The van der Waals surface area contributed by atoms with E-state index < -0.39 is 27.8 Å². The van der Waals surface area contributed by atoms with Crippen LogP contribution in [0.1, 0.15) is 6.92 Å². The minimum absolute atomic E-state index is 0.322. The van der Waals surface area contributed by atoms with E-state index >= 15 is 0 Å². The molecule has 0 aliphatic carbocycles. The zero-order valence-electron chi connectivity index (χ0n) is 9.69. The molecule has 0 aliphatic heterocycles. The Morgan fingerprint density at radius 1 is 1.26 bits per heavy atom. The lowest BCUT2D eigenvalue weighted by molar-refractivity contribution is -0.152. The molecular weight excluding hydrogens is 287 g/mol. The van der Waals surface area contributed by atoms with Crippen LogP contribution in [0.3, 0.4) is 0 Å². The molecule has 0 unspecified atom stereocenters. The summed E-state index contributed by atoms with van der Waals surface area (Å²) in [5, 5.41) is 2.39. The maximum Gasteiger partial charge on any atom is 0.413 e. The highest BCUT2D eigenvalue weighted by molar-refractivity contribution is 7.86. The molecule has 1 aromatic rings. The van der Waals surface area contributed by atoms with Crippen molar-refractivity contribution in [1.82, 2.24) is 0 Å². The molecule has 0 heterocycles. The summed E-state index contributed by atoms with van der Waals surface area (Å²) < 4.78 is 62.3. The molecule has 1 amide bonds. The van der Waals surface area contributed by atoms with E-state index in [2.05, 4.69) is 9.50 Å². The van der Waals surface area contributed by atoms with E-state index in [1.54, 1.807) is 0 Å². The largest absolute Gasteiger partial charge is 0.413 e. The second kappa shape index (κ2) is 5.57. The van der Waals surface area contributed by atoms with E-state index in [9.17, 15) is 26.4 Å². The van der Waals surface area contributed by atoms with Crippen molar-refractivity contribution in [3.05, 3.63) is 24.3 Å². The third-order valence-corrected chi connectivity index (χ3v) is 3.12. The Labute approximate surface area is 107 Å². The number of carbonyl (C=O) groups excluding carboxylic acids is 1. The first-order valence-corrected chi connectivity index (χ1v) is 6.35. The lowest BCUT2D eigenvalue weighted by Gasteiger charge is -2.08. The van der Waals surface area contributed by atoms with Crippen LogP contribution in [0.4, 0.5) is 18.9 Å². The molecule has 0 atom stereocenters. The molecule has 0 bridgehead atoms. The predicted octanol–water partition coefficient (Wildman–Crippen LogP) is 1.91. The second-order valence-corrected chi connectivity index (χ2v) is 5.15. The van der Waals surface area contributed by atoms with E-state index in [0.29, 0.717) is 5.69 Å². The van der Waals surface area contributed by atoms with Crippen molar-refractivity contribution in [3.8, 4) is 0 Å². The summed E-state index contributed by atoms with van der Waals surface area (Å²) in [5.41, 5.74) is 0.322. The van der Waals surface area contributed by atoms with Gasteiger partial charge in [0, 0.05) is 12.6 Å². The maximum atomic E-state index is 11.9. The van der Waals surface area contributed by atoms with E-state index in [4.69, 9.17) is 0 Å². The Hall–Kier alpha value is -1.61. The Bertz CT molecular complexity index is 551. The predicted molar refractivity (Wildman–Crippen MR) is 59.9 cm³/mol. The molecule has 5 nitrogen and oxygen atoms in total. The molecule has 0 aromatic heterocycles. The SMILES string of the molecule is CC(=O)Nc1ccc(S(=O)(=O)OCC(F)(F)F)cc1. The van der Waals surface area contributed by atoms with E-state index in [1.807, 2.05) is 0 Å². The number of halogens is 3. The number of rotatable bonds is 4. The number of anilines is 1. The van der Waals surface area contributed by atoms with Crippen molar-refractivity contribution in [1.29, 1.82) is 0 Å². The van der Waals surface area contributed by atoms with Crippen molar-refractivity contribution >= 4 is 21.7 Å². The molecule has 1 rings (SSSR count). The zero-order chi connectivity index (χ0) is 14.7. The van der Waals surface area contributed by atoms with Gasteiger partial charge in [-0.1, -0.05) is 0 Å². The van der Waals surface area contributed by atoms with Crippen LogP contribution in [0, 0.1) is 0 Å². The summed E-state index contributed by atoms with van der Waals surface area (Å²) in [5.74, 6) is -0.357. The fourth-order valence-corrected chi connectivity index (χ4v) is 2.01. The van der Waals surface area contributed by atoms with E-state index in [0.717, 1.165) is 12.1 Å². The van der Waals surface area contributed by atoms with Gasteiger partial charge in [0.05, 0.1) is 4.90 Å². The van der Waals surface area contributed by atoms with E-state index in [-0.39, 0.29) is 5.91 Å². The van der Waals surface area contributed by atoms with Crippen molar-refractivity contribution in [2.24, 2.45) is 0 Å². The first-order valence-electron chi connectivity index (χ1n) is 4.94. The molecule has 19 heavy (non-hydrogen) atoms. The van der Waals surface area contributed by atoms with Crippen LogP contribution in [0.15, 0.2) is 29.2 Å². The monoisotopic (exact) mass is 297 g/mol. The van der Waals surface area contributed by atoms with Gasteiger partial charge in [-0.05, 0) is 24.3 Å². The maximum absolute atomic E-state index is 11.9. The third kappa shape index (κ3) is 5.26. The molecule has 0 radical (unpaired) electrons. The minimum atomic E-state index is -4.73. The highest BCUT2D eigenvalue weighted by Gasteiger charge is 2.31. The lowest BCUT2D eigenvalue weighted by Crippen LogP contribution is -2.20. The first kappa shape index (κ1) is 15.4. The molecule has 0 saturated heterocycles. The molecule has 106 valence electrons. The number of benzene rings is 1. The van der Waals surface area contributed by atoms with Crippen LogP contribution >= 0.6 is 0 Å². The van der Waals surface area contributed by atoms with Gasteiger partial charge in [0.15, 0.2) is 6.61 Å². The first-order chi connectivity index (χ1) is 8.60. The number of alkyl halides is 3. The van der Waals surface area contributed by atoms with Gasteiger partial charge in [0.25, 0.3) is 10.1 Å². The topological polar surface area (TPSA) is 72.5 Å². The Morgan fingerprint density at radius 2 is 1.79 bits per heavy atom. The zero-order valence-corrected chi connectivity index (χ0v) is 10.5. The summed E-state index contributed by atoms with van der Waals surface area (Å²) in [6, 6.07) is 4.56. The van der Waals surface area contributed by atoms with Gasteiger partial charge in [-0.2, -0.15) is 21.6 Å². The average molecular weight is 297 g/mol. The van der Waals surface area contributed by atoms with Crippen molar-refractivity contribution in [2.45, 2.75) is 18.0 Å². The summed E-state index contributed by atoms with van der Waals surface area (Å²) in [7, 11) is -4.47. The number of hydrogen-bond donors (Lipinski definition) is 1. The van der Waals surface area contributed by atoms with Crippen molar-refractivity contribution in [2.75, 3.05) is 11.9 Å². The molecule has 1 aromatic carbocycles. The number of hydrogen-bond acceptors (Lipinski definition) is 4. The number of carbonyl (C=O) groups is 1. The second-order valence-electron chi connectivity index (χ2n) is 3.54. The third-order valence-electron chi connectivity index (χ3n) is 1.84. The highest BCUT2D eigenvalue weighted by atomic mass is 32.2. The Morgan fingerprint density at radius 3 is 2.21 bits per heavy atom. The standard InChI is InChI=1S/C10H10F3NO4S/c1-7(15)14-8-2-4-9(5-3-8)19(16,17)18-6-10(11,12)13/h2-5H,6H2,1H3,(H,14,15). The quantitative estimate of drug-likeness (QED) is 0.862. The molecule has 0 saturated carbocycles. The summed E-state index contributed by atoms with van der Waals surface area (Å²) in [6.45, 7) is -0.625. The van der Waals surface area contributed by atoms with Crippen molar-refractivity contribution < 1.29 is 30.6 Å². The molecule has 1 N–H and O–H groups in total. The lowest BCUT2D eigenvalue weighted by atomic mass is 10.3. The fourth-order valence-electron chi connectivity index (χ4n) is 1.12. The normalized spacial score (nSPS) is 12.2. The van der Waals surface area contributed by atoms with Crippen molar-refractivity contribution in [3.63, 3.8) is 0 Å². The van der Waals surface area contributed by atoms with Crippen LogP contribution < -0.4 is 5.32 Å². The highest BCUT2D eigenvalue weighted by Crippen LogP contribution is 2.20. The summed E-state index contributed by atoms with van der Waals surface area (Å²) in [4.78, 5) is 10.3. The molecule has 9 heteroatoms. The van der Waals surface area contributed by atoms with Gasteiger partial charge in [-0.3, -0.25) is 8.98 Å². The summed E-state index contributed by atoms with van der Waals surface area (Å²) >= 11 is 0. The van der Waals surface area contributed by atoms with Crippen LogP contribution in [-0.2, 0) is 19.1 Å². The number of amides is 1. The van der Waals surface area contributed by atoms with Gasteiger partial charge in [0.2, 0.25) is 5.91 Å². The van der Waals surface area contributed by atoms with Crippen LogP contribution in [-0.4, -0.2) is 27.1 Å². The van der Waals surface area contributed by atoms with Crippen LogP contribution in [0.2, 0.25) is 0 Å². The Balaban J connectivity index is 2.82.